The average Bonchev–Trinajstić information content (AvgIpc) is 3.34. The summed E-state index contributed by atoms with van der Waals surface area (Å²) in [5.41, 5.74) is 3.61. The molecule has 1 amide bonds. The number of esters is 1. The molecule has 4 rings (SSSR count). The van der Waals surface area contributed by atoms with Crippen LogP contribution in [0.25, 0.3) is 0 Å². The van der Waals surface area contributed by atoms with Crippen LogP contribution >= 0.6 is 11.8 Å². The van der Waals surface area contributed by atoms with E-state index in [4.69, 9.17) is 14.2 Å². The molecule has 2 aromatic carbocycles. The molecule has 0 bridgehead atoms. The van der Waals surface area contributed by atoms with Gasteiger partial charge >= 0.3 is 5.97 Å². The van der Waals surface area contributed by atoms with Crippen molar-refractivity contribution in [1.82, 2.24) is 20.1 Å². The summed E-state index contributed by atoms with van der Waals surface area (Å²) in [6.07, 6.45) is 0.625. The Morgan fingerprint density at radius 1 is 1.13 bits per heavy atom. The lowest BCUT2D eigenvalue weighted by molar-refractivity contribution is -0.245. The maximum Gasteiger partial charge on any atom is 0.303 e. The molecular weight excluding hydrogens is 508 g/mol. The topological polar surface area (TPSA) is 125 Å². The number of aliphatic hydroxyl groups is 1. The Bertz CT molecular complexity index is 1220. The molecule has 1 aliphatic rings. The first-order chi connectivity index (χ1) is 18.3. The molecule has 0 spiro atoms. The highest BCUT2D eigenvalue weighted by Crippen LogP contribution is 2.39. The summed E-state index contributed by atoms with van der Waals surface area (Å²) >= 11 is 1.58. The highest BCUT2D eigenvalue weighted by Gasteiger charge is 2.32. The number of aromatic nitrogens is 3. The van der Waals surface area contributed by atoms with Crippen LogP contribution < -0.4 is 5.32 Å². The molecule has 10 nitrogen and oxygen atoms in total. The molecule has 2 heterocycles. The lowest BCUT2D eigenvalue weighted by Gasteiger charge is -2.36. The van der Waals surface area contributed by atoms with Gasteiger partial charge in [-0.2, -0.15) is 0 Å². The van der Waals surface area contributed by atoms with Gasteiger partial charge in [-0.25, -0.2) is 0 Å². The third-order valence-corrected chi connectivity index (χ3v) is 7.28. The third kappa shape index (κ3) is 7.41. The van der Waals surface area contributed by atoms with Crippen molar-refractivity contribution in [2.24, 2.45) is 7.05 Å². The Balaban J connectivity index is 1.44. The molecule has 0 radical (unpaired) electrons. The van der Waals surface area contributed by atoms with Crippen LogP contribution in [0, 0.1) is 0 Å². The van der Waals surface area contributed by atoms with Gasteiger partial charge in [0.05, 0.1) is 18.8 Å². The first-order valence-corrected chi connectivity index (χ1v) is 13.3. The average molecular weight is 541 g/mol. The molecule has 0 aliphatic carbocycles. The summed E-state index contributed by atoms with van der Waals surface area (Å²) < 4.78 is 19.5. The van der Waals surface area contributed by atoms with Crippen molar-refractivity contribution in [3.63, 3.8) is 0 Å². The van der Waals surface area contributed by atoms with Crippen LogP contribution in [-0.2, 0) is 44.0 Å². The monoisotopic (exact) mass is 540 g/mol. The first-order valence-electron chi connectivity index (χ1n) is 12.3. The van der Waals surface area contributed by atoms with Gasteiger partial charge in [0.25, 0.3) is 5.91 Å². The number of carbonyl (C=O) groups is 2. The second-order valence-electron chi connectivity index (χ2n) is 9.10. The fourth-order valence-electron chi connectivity index (χ4n) is 4.02. The van der Waals surface area contributed by atoms with Crippen molar-refractivity contribution in [2.45, 2.75) is 63.2 Å². The van der Waals surface area contributed by atoms with E-state index in [1.807, 2.05) is 60.1 Å². The molecule has 38 heavy (non-hydrogen) atoms. The van der Waals surface area contributed by atoms with Crippen molar-refractivity contribution in [1.29, 1.82) is 0 Å². The lowest BCUT2D eigenvalue weighted by atomic mass is 10.0. The van der Waals surface area contributed by atoms with Crippen LogP contribution in [0.15, 0.2) is 60.0 Å². The minimum absolute atomic E-state index is 0.00995. The van der Waals surface area contributed by atoms with E-state index < -0.39 is 18.4 Å². The van der Waals surface area contributed by atoms with Gasteiger partial charge in [0.15, 0.2) is 17.6 Å². The smallest absolute Gasteiger partial charge is 0.303 e. The van der Waals surface area contributed by atoms with Crippen molar-refractivity contribution >= 4 is 23.6 Å². The summed E-state index contributed by atoms with van der Waals surface area (Å²) in [6.45, 7) is 3.09. The predicted octanol–water partition coefficient (Wildman–Crippen LogP) is 3.21. The number of ether oxygens (including phenoxy) is 3. The molecule has 3 aromatic rings. The summed E-state index contributed by atoms with van der Waals surface area (Å²) in [4.78, 5) is 23.2. The number of thioether (sulfide) groups is 1. The Labute approximate surface area is 225 Å². The first kappa shape index (κ1) is 27.8. The van der Waals surface area contributed by atoms with E-state index in [1.54, 1.807) is 18.1 Å². The largest absolute Gasteiger partial charge is 0.453 e. The van der Waals surface area contributed by atoms with Crippen molar-refractivity contribution in [3.05, 3.63) is 77.1 Å². The zero-order chi connectivity index (χ0) is 27.1. The Kier molecular flexibility index (Phi) is 9.51. The highest BCUT2D eigenvalue weighted by atomic mass is 32.2. The normalized spacial score (nSPS) is 20.1. The highest BCUT2D eigenvalue weighted by molar-refractivity contribution is 7.99. The number of benzene rings is 2. The molecule has 1 fully saturated rings. The molecule has 4 atom stereocenters. The molecule has 1 aliphatic heterocycles. The molecule has 1 saturated heterocycles. The van der Waals surface area contributed by atoms with Gasteiger partial charge in [-0.15, -0.1) is 10.2 Å². The quantitative estimate of drug-likeness (QED) is 0.295. The number of hydrogen-bond acceptors (Lipinski definition) is 9. The molecule has 202 valence electrons. The number of aryl methyl sites for hydroxylation is 1. The summed E-state index contributed by atoms with van der Waals surface area (Å²) in [5.74, 6) is -0.177. The van der Waals surface area contributed by atoms with E-state index in [9.17, 15) is 14.7 Å². The van der Waals surface area contributed by atoms with Gasteiger partial charge in [-0.05, 0) is 23.6 Å². The SMILES string of the molecule is CC(=O)O[C@@H](C)C(=O)NCc1ccc([C@@H]2O[C@H](CSc3nncn3C)C[C@H](c3ccc(CO)cc3)O2)cc1. The molecule has 0 saturated carbocycles. The molecule has 11 heteroatoms. The van der Waals surface area contributed by atoms with E-state index in [2.05, 4.69) is 15.5 Å². The zero-order valence-electron chi connectivity index (χ0n) is 21.6. The number of rotatable bonds is 10. The minimum Gasteiger partial charge on any atom is -0.453 e. The van der Waals surface area contributed by atoms with Gasteiger partial charge in [-0.1, -0.05) is 60.3 Å². The minimum atomic E-state index is -0.851. The maximum absolute atomic E-state index is 12.1. The summed E-state index contributed by atoms with van der Waals surface area (Å²) in [5, 5.41) is 21.1. The number of aliphatic hydroxyl groups excluding tert-OH is 1. The zero-order valence-corrected chi connectivity index (χ0v) is 22.4. The Hall–Kier alpha value is -3.25. The number of nitrogens with zero attached hydrogens (tertiary/aromatic N) is 3. The molecule has 1 aromatic heterocycles. The fraction of sp³-hybridized carbons (Fsp3) is 0.407. The van der Waals surface area contributed by atoms with Gasteiger partial charge in [0.2, 0.25) is 0 Å². The van der Waals surface area contributed by atoms with Gasteiger partial charge < -0.3 is 29.2 Å². The number of hydrogen-bond donors (Lipinski definition) is 2. The third-order valence-electron chi connectivity index (χ3n) is 6.11. The van der Waals surface area contributed by atoms with E-state index in [0.717, 1.165) is 27.4 Å². The molecule has 2 N–H and O–H groups in total. The number of nitrogens with one attached hydrogen (secondary N) is 1. The Morgan fingerprint density at radius 2 is 1.82 bits per heavy atom. The van der Waals surface area contributed by atoms with E-state index in [0.29, 0.717) is 18.7 Å². The van der Waals surface area contributed by atoms with Crippen molar-refractivity contribution in [2.75, 3.05) is 5.75 Å². The maximum atomic E-state index is 12.1. The molecule has 0 unspecified atom stereocenters. The van der Waals surface area contributed by atoms with E-state index in [-0.39, 0.29) is 24.7 Å². The summed E-state index contributed by atoms with van der Waals surface area (Å²) in [7, 11) is 1.91. The second-order valence-corrected chi connectivity index (χ2v) is 10.1. The van der Waals surface area contributed by atoms with Gasteiger partial charge in [0.1, 0.15) is 6.33 Å². The predicted molar refractivity (Wildman–Crippen MR) is 140 cm³/mol. The second kappa shape index (κ2) is 13.0. The van der Waals surface area contributed by atoms with Crippen LogP contribution in [-0.4, -0.2) is 49.7 Å². The van der Waals surface area contributed by atoms with Crippen LogP contribution in [0.3, 0.4) is 0 Å². The van der Waals surface area contributed by atoms with Gasteiger partial charge in [0, 0.05) is 38.3 Å². The van der Waals surface area contributed by atoms with Crippen LogP contribution in [0.2, 0.25) is 0 Å². The van der Waals surface area contributed by atoms with Gasteiger partial charge in [-0.3, -0.25) is 9.59 Å². The van der Waals surface area contributed by atoms with Crippen LogP contribution in [0.5, 0.6) is 0 Å². The Morgan fingerprint density at radius 3 is 2.45 bits per heavy atom. The van der Waals surface area contributed by atoms with Crippen molar-refractivity contribution in [3.8, 4) is 0 Å². The number of carbonyl (C=O) groups excluding carboxylic acids is 2. The van der Waals surface area contributed by atoms with Crippen LogP contribution in [0.1, 0.15) is 54.9 Å². The number of amides is 1. The fourth-order valence-corrected chi connectivity index (χ4v) is 4.93. The van der Waals surface area contributed by atoms with Crippen LogP contribution in [0.4, 0.5) is 0 Å². The molecular formula is C27H32N4O6S. The van der Waals surface area contributed by atoms with E-state index in [1.165, 1.54) is 13.8 Å². The van der Waals surface area contributed by atoms with E-state index >= 15 is 0 Å². The van der Waals surface area contributed by atoms with Crippen molar-refractivity contribution < 1.29 is 28.9 Å². The lowest BCUT2D eigenvalue weighted by Crippen LogP contribution is -2.35. The summed E-state index contributed by atoms with van der Waals surface area (Å²) in [6, 6.07) is 15.4. The standard InChI is InChI=1S/C27H32N4O6S/c1-17(35-18(2)33)25(34)28-13-19-4-10-22(11-5-19)26-36-23(15-38-27-30-29-16-31(27)3)12-24(37-26)21-8-6-20(14-32)7-9-21/h4-11,16-17,23-24,26,32H,12-15H2,1-3H3,(H,28,34)/t17-,23-,24+,26+/m0/s1.